The summed E-state index contributed by atoms with van der Waals surface area (Å²) >= 11 is 0.846. The van der Waals surface area contributed by atoms with Crippen molar-refractivity contribution >= 4 is 41.6 Å². The third-order valence-electron chi connectivity index (χ3n) is 5.09. The Morgan fingerprint density at radius 1 is 0.947 bits per heavy atom. The number of carbonyl (C=O) groups is 5. The van der Waals surface area contributed by atoms with Crippen LogP contribution in [0.5, 0.6) is 0 Å². The van der Waals surface area contributed by atoms with Crippen LogP contribution in [0.15, 0.2) is 11.2 Å². The summed E-state index contributed by atoms with van der Waals surface area (Å²) in [5.74, 6) is -3.59. The second-order valence-electron chi connectivity index (χ2n) is 7.99. The highest BCUT2D eigenvalue weighted by Crippen LogP contribution is 2.38. The zero-order chi connectivity index (χ0) is 28.6. The van der Waals surface area contributed by atoms with Crippen LogP contribution in [-0.4, -0.2) is 77.9 Å². The number of carbonyl (C=O) groups excluding carboxylic acids is 5. The highest BCUT2D eigenvalue weighted by molar-refractivity contribution is 7.99. The zero-order valence-electron chi connectivity index (χ0n) is 21.7. The van der Waals surface area contributed by atoms with Crippen LogP contribution in [0.4, 0.5) is 0 Å². The van der Waals surface area contributed by atoms with Gasteiger partial charge >= 0.3 is 29.8 Å². The van der Waals surface area contributed by atoms with Crippen LogP contribution in [0.3, 0.4) is 0 Å². The van der Waals surface area contributed by atoms with Gasteiger partial charge in [-0.3, -0.25) is 19.2 Å². The molecule has 5 atom stereocenters. The van der Waals surface area contributed by atoms with Crippen molar-refractivity contribution in [3.05, 3.63) is 22.9 Å². The zero-order valence-corrected chi connectivity index (χ0v) is 22.5. The quantitative estimate of drug-likeness (QED) is 0.319. The molecule has 2 heterocycles. The highest BCUT2D eigenvalue weighted by Gasteiger charge is 2.52. The van der Waals surface area contributed by atoms with Gasteiger partial charge in [-0.25, -0.2) is 9.78 Å². The van der Waals surface area contributed by atoms with Gasteiger partial charge in [0, 0.05) is 33.9 Å². The Labute approximate surface area is 223 Å². The maximum Gasteiger partial charge on any atom is 0.340 e. The Kier molecular flexibility index (Phi) is 11.0. The molecule has 1 fully saturated rings. The van der Waals surface area contributed by atoms with Crippen molar-refractivity contribution in [3.63, 3.8) is 0 Å². The lowest BCUT2D eigenvalue weighted by molar-refractivity contribution is -0.237. The average molecular weight is 553 g/mol. The predicted molar refractivity (Wildman–Crippen MR) is 127 cm³/mol. The van der Waals surface area contributed by atoms with Crippen molar-refractivity contribution in [1.29, 1.82) is 5.26 Å². The summed E-state index contributed by atoms with van der Waals surface area (Å²) in [7, 11) is 0. The van der Waals surface area contributed by atoms with Crippen molar-refractivity contribution in [3.8, 4) is 6.07 Å². The van der Waals surface area contributed by atoms with Crippen LogP contribution >= 0.6 is 11.8 Å². The van der Waals surface area contributed by atoms with Crippen LogP contribution in [-0.2, 0) is 47.6 Å². The molecule has 2 rings (SSSR count). The molecule has 0 N–H and O–H groups in total. The van der Waals surface area contributed by atoms with E-state index < -0.39 is 66.3 Å². The molecule has 1 saturated heterocycles. The second-order valence-corrected chi connectivity index (χ2v) is 9.08. The third kappa shape index (κ3) is 7.90. The van der Waals surface area contributed by atoms with E-state index >= 15 is 0 Å². The molecule has 0 aromatic carbocycles. The van der Waals surface area contributed by atoms with Crippen molar-refractivity contribution in [1.82, 2.24) is 4.98 Å². The minimum atomic E-state index is -1.36. The van der Waals surface area contributed by atoms with Gasteiger partial charge in [-0.1, -0.05) is 11.8 Å². The van der Waals surface area contributed by atoms with E-state index in [2.05, 4.69) is 4.98 Å². The summed E-state index contributed by atoms with van der Waals surface area (Å²) in [5, 5.41) is 9.93. The number of nitrogens with zero attached hydrogens (tertiary/aromatic N) is 2. The smallest absolute Gasteiger partial charge is 0.340 e. The standard InChI is InChI=1S/C24H28N2O11S/c1-7-32-23(31)17-9-26-22(16(8-25)11(17)2)38-24-21(36-15(6)30)20(35-14(5)29)19(34-13(4)28)18(37-24)10-33-12(3)27/h9,18-21,24H,7,10H2,1-6H3/t18-,19-,20+,21-,24+/m1/s1. The van der Waals surface area contributed by atoms with E-state index in [1.165, 1.54) is 6.20 Å². The molecule has 14 heteroatoms. The van der Waals surface area contributed by atoms with Crippen molar-refractivity contribution in [2.75, 3.05) is 13.2 Å². The van der Waals surface area contributed by atoms with Crippen molar-refractivity contribution < 1.29 is 52.4 Å². The molecule has 1 aliphatic rings. The minimum Gasteiger partial charge on any atom is -0.463 e. The maximum atomic E-state index is 12.3. The van der Waals surface area contributed by atoms with Gasteiger partial charge in [0.05, 0.1) is 17.7 Å². The molecule has 1 aromatic heterocycles. The molecular formula is C24H28N2O11S. The van der Waals surface area contributed by atoms with E-state index in [9.17, 15) is 29.2 Å². The van der Waals surface area contributed by atoms with E-state index in [0.29, 0.717) is 5.56 Å². The first-order valence-corrected chi connectivity index (χ1v) is 12.3. The third-order valence-corrected chi connectivity index (χ3v) is 6.23. The summed E-state index contributed by atoms with van der Waals surface area (Å²) in [4.78, 5) is 63.8. The van der Waals surface area contributed by atoms with Gasteiger partial charge in [-0.05, 0) is 19.4 Å². The number of aromatic nitrogens is 1. The Bertz CT molecular complexity index is 1130. The van der Waals surface area contributed by atoms with E-state index in [1.54, 1.807) is 13.8 Å². The van der Waals surface area contributed by atoms with Gasteiger partial charge in [0.2, 0.25) is 0 Å². The topological polar surface area (TPSA) is 177 Å². The van der Waals surface area contributed by atoms with Crippen LogP contribution < -0.4 is 0 Å². The van der Waals surface area contributed by atoms with Gasteiger partial charge in [-0.15, -0.1) is 0 Å². The van der Waals surface area contributed by atoms with Crippen LogP contribution in [0.2, 0.25) is 0 Å². The van der Waals surface area contributed by atoms with E-state index in [4.69, 9.17) is 28.4 Å². The lowest BCUT2D eigenvalue weighted by Crippen LogP contribution is -2.61. The maximum absolute atomic E-state index is 12.3. The average Bonchev–Trinajstić information content (AvgIpc) is 2.81. The molecule has 13 nitrogen and oxygen atoms in total. The Morgan fingerprint density at radius 2 is 1.53 bits per heavy atom. The number of pyridine rings is 1. The monoisotopic (exact) mass is 552 g/mol. The number of esters is 5. The summed E-state index contributed by atoms with van der Waals surface area (Å²) in [6, 6.07) is 2.00. The molecule has 38 heavy (non-hydrogen) atoms. The van der Waals surface area contributed by atoms with E-state index in [-0.39, 0.29) is 22.8 Å². The van der Waals surface area contributed by atoms with E-state index in [0.717, 1.165) is 39.5 Å². The second kappa shape index (κ2) is 13.7. The number of thioether (sulfide) groups is 1. The van der Waals surface area contributed by atoms with Crippen molar-refractivity contribution in [2.45, 2.75) is 76.4 Å². The fourth-order valence-corrected chi connectivity index (χ4v) is 4.80. The van der Waals surface area contributed by atoms with Gasteiger partial charge in [-0.2, -0.15) is 5.26 Å². The number of hydrogen-bond donors (Lipinski definition) is 0. The van der Waals surface area contributed by atoms with E-state index in [1.807, 2.05) is 6.07 Å². The van der Waals surface area contributed by atoms with Crippen molar-refractivity contribution in [2.24, 2.45) is 0 Å². The van der Waals surface area contributed by atoms with Gasteiger partial charge in [0.15, 0.2) is 23.7 Å². The minimum absolute atomic E-state index is 0.0356. The molecular weight excluding hydrogens is 524 g/mol. The van der Waals surface area contributed by atoms with Crippen LogP contribution in [0.1, 0.15) is 56.1 Å². The Morgan fingerprint density at radius 3 is 2.05 bits per heavy atom. The SMILES string of the molecule is CCOC(=O)c1cnc(S[C@@H]2O[C@H](COC(C)=O)[C@@H](OC(C)=O)[C@H](OC(C)=O)[C@H]2OC(C)=O)c(C#N)c1C. The van der Waals surface area contributed by atoms with Gasteiger partial charge < -0.3 is 28.4 Å². The van der Waals surface area contributed by atoms with Gasteiger partial charge in [0.1, 0.15) is 23.8 Å². The number of rotatable bonds is 9. The Balaban J connectivity index is 2.57. The molecule has 0 spiro atoms. The number of ether oxygens (including phenoxy) is 6. The molecule has 0 aliphatic carbocycles. The fourth-order valence-electron chi connectivity index (χ4n) is 3.61. The predicted octanol–water partition coefficient (Wildman–Crippen LogP) is 1.61. The highest BCUT2D eigenvalue weighted by atomic mass is 32.2. The lowest BCUT2D eigenvalue weighted by Gasteiger charge is -2.44. The van der Waals surface area contributed by atoms with Crippen LogP contribution in [0.25, 0.3) is 0 Å². The number of hydrogen-bond acceptors (Lipinski definition) is 14. The molecule has 0 unspecified atom stereocenters. The number of nitriles is 1. The molecule has 0 radical (unpaired) electrons. The summed E-state index contributed by atoms with van der Waals surface area (Å²) in [5.41, 5.74) is -0.750. The molecule has 0 amide bonds. The largest absolute Gasteiger partial charge is 0.463 e. The summed E-state index contributed by atoms with van der Waals surface area (Å²) in [6.45, 7) is 7.43. The summed E-state index contributed by atoms with van der Waals surface area (Å²) in [6.07, 6.45) is -3.92. The van der Waals surface area contributed by atoms with Crippen LogP contribution in [0, 0.1) is 18.3 Å². The fraction of sp³-hybridized carbons (Fsp3) is 0.542. The Hall–Kier alpha value is -3.70. The molecule has 1 aromatic rings. The van der Waals surface area contributed by atoms with Gasteiger partial charge in [0.25, 0.3) is 0 Å². The normalized spacial score (nSPS) is 22.4. The molecule has 206 valence electrons. The first kappa shape index (κ1) is 30.5. The first-order valence-electron chi connectivity index (χ1n) is 11.4. The summed E-state index contributed by atoms with van der Waals surface area (Å²) < 4.78 is 32.3. The molecule has 1 aliphatic heterocycles. The molecule has 0 saturated carbocycles. The molecule has 0 bridgehead atoms. The first-order chi connectivity index (χ1) is 17.9. The lowest BCUT2D eigenvalue weighted by atomic mass is 9.99.